The summed E-state index contributed by atoms with van der Waals surface area (Å²) in [4.78, 5) is 12.3. The first-order valence-electron chi connectivity index (χ1n) is 8.83. The van der Waals surface area contributed by atoms with Crippen LogP contribution in [0.15, 0.2) is 61.2 Å². The zero-order valence-electron chi connectivity index (χ0n) is 15.2. The number of anilines is 2. The Balaban J connectivity index is 1.92. The van der Waals surface area contributed by atoms with Gasteiger partial charge in [0.2, 0.25) is 5.91 Å². The summed E-state index contributed by atoms with van der Waals surface area (Å²) in [5.41, 5.74) is 1.43. The van der Waals surface area contributed by atoms with Gasteiger partial charge >= 0.3 is 0 Å². The third-order valence-corrected chi connectivity index (χ3v) is 3.60. The zero-order valence-corrected chi connectivity index (χ0v) is 15.2. The number of para-hydroxylation sites is 4. The molecule has 1 amide bonds. The van der Waals surface area contributed by atoms with E-state index in [1.807, 2.05) is 42.5 Å². The van der Waals surface area contributed by atoms with Gasteiger partial charge in [-0.3, -0.25) is 4.79 Å². The molecule has 0 spiro atoms. The van der Waals surface area contributed by atoms with E-state index in [0.29, 0.717) is 24.7 Å². The number of ether oxygens (including phenoxy) is 2. The Kier molecular flexibility index (Phi) is 8.06. The van der Waals surface area contributed by atoms with E-state index in [1.165, 1.54) is 0 Å². The second-order valence-corrected chi connectivity index (χ2v) is 5.70. The van der Waals surface area contributed by atoms with Gasteiger partial charge in [-0.2, -0.15) is 0 Å². The maximum atomic E-state index is 12.3. The fourth-order valence-electron chi connectivity index (χ4n) is 2.28. The molecule has 0 saturated carbocycles. The molecule has 0 saturated heterocycles. The van der Waals surface area contributed by atoms with E-state index in [-0.39, 0.29) is 12.5 Å². The van der Waals surface area contributed by atoms with Gasteiger partial charge in [-0.1, -0.05) is 50.3 Å². The number of rotatable bonds is 11. The van der Waals surface area contributed by atoms with Crippen LogP contribution in [0.4, 0.5) is 11.4 Å². The van der Waals surface area contributed by atoms with Crippen LogP contribution in [-0.2, 0) is 4.79 Å². The Hall–Kier alpha value is -2.95. The van der Waals surface area contributed by atoms with E-state index in [1.54, 1.807) is 12.1 Å². The number of hydrogen-bond acceptors (Lipinski definition) is 4. The van der Waals surface area contributed by atoms with Crippen LogP contribution in [0, 0.1) is 0 Å². The van der Waals surface area contributed by atoms with Gasteiger partial charge in [0.25, 0.3) is 0 Å². The SMILES string of the molecule is C=CCOc1ccccc1NC(=O)CNc1ccccc1OCCCC. The predicted molar refractivity (Wildman–Crippen MR) is 106 cm³/mol. The normalized spacial score (nSPS) is 10.0. The largest absolute Gasteiger partial charge is 0.491 e. The molecule has 0 aliphatic carbocycles. The first-order valence-corrected chi connectivity index (χ1v) is 8.83. The molecule has 0 aliphatic heterocycles. The number of unbranched alkanes of at least 4 members (excludes halogenated alkanes) is 1. The van der Waals surface area contributed by atoms with Crippen LogP contribution in [0.25, 0.3) is 0 Å². The first kappa shape index (κ1) is 19.4. The molecular formula is C21H26N2O3. The molecule has 2 rings (SSSR count). The van der Waals surface area contributed by atoms with Crippen LogP contribution in [0.2, 0.25) is 0 Å². The van der Waals surface area contributed by atoms with Gasteiger partial charge in [0.1, 0.15) is 18.1 Å². The fraction of sp³-hybridized carbons (Fsp3) is 0.286. The van der Waals surface area contributed by atoms with Crippen molar-refractivity contribution in [2.75, 3.05) is 30.4 Å². The van der Waals surface area contributed by atoms with Crippen molar-refractivity contribution in [1.29, 1.82) is 0 Å². The number of hydrogen-bond donors (Lipinski definition) is 2. The second-order valence-electron chi connectivity index (χ2n) is 5.70. The number of amides is 1. The zero-order chi connectivity index (χ0) is 18.6. The predicted octanol–water partition coefficient (Wildman–Crippen LogP) is 4.48. The Bertz CT molecular complexity index is 716. The van der Waals surface area contributed by atoms with Crippen molar-refractivity contribution >= 4 is 17.3 Å². The van der Waals surface area contributed by atoms with Gasteiger partial charge in [0, 0.05) is 0 Å². The molecule has 2 aromatic carbocycles. The van der Waals surface area contributed by atoms with E-state index in [9.17, 15) is 4.79 Å². The lowest BCUT2D eigenvalue weighted by Crippen LogP contribution is -2.22. The molecule has 0 bridgehead atoms. The van der Waals surface area contributed by atoms with Crippen molar-refractivity contribution in [1.82, 2.24) is 0 Å². The van der Waals surface area contributed by atoms with Crippen LogP contribution in [0.5, 0.6) is 11.5 Å². The molecule has 0 aliphatic rings. The molecule has 0 radical (unpaired) electrons. The lowest BCUT2D eigenvalue weighted by Gasteiger charge is -2.14. The summed E-state index contributed by atoms with van der Waals surface area (Å²) in [7, 11) is 0. The summed E-state index contributed by atoms with van der Waals surface area (Å²) in [5.74, 6) is 1.20. The van der Waals surface area contributed by atoms with E-state index in [4.69, 9.17) is 9.47 Å². The second kappa shape index (κ2) is 10.8. The summed E-state index contributed by atoms with van der Waals surface area (Å²) in [6, 6.07) is 14.9. The molecule has 2 aromatic rings. The summed E-state index contributed by atoms with van der Waals surface area (Å²) < 4.78 is 11.3. The van der Waals surface area contributed by atoms with Gasteiger partial charge in [0.05, 0.1) is 24.5 Å². The third-order valence-electron chi connectivity index (χ3n) is 3.60. The molecule has 5 heteroatoms. The maximum Gasteiger partial charge on any atom is 0.243 e. The van der Waals surface area contributed by atoms with Crippen LogP contribution in [0.1, 0.15) is 19.8 Å². The molecule has 0 aromatic heterocycles. The molecule has 5 nitrogen and oxygen atoms in total. The fourth-order valence-corrected chi connectivity index (χ4v) is 2.28. The number of carbonyl (C=O) groups excluding carboxylic acids is 1. The minimum absolute atomic E-state index is 0.129. The quantitative estimate of drug-likeness (QED) is 0.461. The van der Waals surface area contributed by atoms with Crippen LogP contribution < -0.4 is 20.1 Å². The summed E-state index contributed by atoms with van der Waals surface area (Å²) >= 11 is 0. The average Bonchev–Trinajstić information content (AvgIpc) is 2.67. The summed E-state index contributed by atoms with van der Waals surface area (Å²) in [5, 5.41) is 5.99. The minimum atomic E-state index is -0.164. The maximum absolute atomic E-state index is 12.3. The van der Waals surface area contributed by atoms with Crippen LogP contribution >= 0.6 is 0 Å². The Labute approximate surface area is 155 Å². The van der Waals surface area contributed by atoms with E-state index in [2.05, 4.69) is 24.1 Å². The van der Waals surface area contributed by atoms with Crippen LogP contribution in [-0.4, -0.2) is 25.7 Å². The molecule has 2 N–H and O–H groups in total. The lowest BCUT2D eigenvalue weighted by atomic mass is 10.2. The third kappa shape index (κ3) is 6.16. The number of nitrogens with one attached hydrogen (secondary N) is 2. The van der Waals surface area contributed by atoms with Crippen molar-refractivity contribution in [3.05, 3.63) is 61.2 Å². The smallest absolute Gasteiger partial charge is 0.243 e. The van der Waals surface area contributed by atoms with Crippen molar-refractivity contribution in [2.45, 2.75) is 19.8 Å². The lowest BCUT2D eigenvalue weighted by molar-refractivity contribution is -0.114. The Morgan fingerprint density at radius 2 is 1.69 bits per heavy atom. The van der Waals surface area contributed by atoms with Crippen molar-refractivity contribution < 1.29 is 14.3 Å². The Morgan fingerprint density at radius 3 is 2.38 bits per heavy atom. The van der Waals surface area contributed by atoms with Gasteiger partial charge in [-0.25, -0.2) is 0 Å². The van der Waals surface area contributed by atoms with E-state index < -0.39 is 0 Å². The first-order chi connectivity index (χ1) is 12.7. The highest BCUT2D eigenvalue weighted by atomic mass is 16.5. The molecule has 0 atom stereocenters. The molecule has 0 fully saturated rings. The van der Waals surface area contributed by atoms with Crippen LogP contribution in [0.3, 0.4) is 0 Å². The van der Waals surface area contributed by atoms with Gasteiger partial charge in [-0.05, 0) is 30.7 Å². The average molecular weight is 354 g/mol. The van der Waals surface area contributed by atoms with Crippen molar-refractivity contribution in [2.24, 2.45) is 0 Å². The topological polar surface area (TPSA) is 59.6 Å². The minimum Gasteiger partial charge on any atom is -0.491 e. The molecule has 138 valence electrons. The highest BCUT2D eigenvalue weighted by Crippen LogP contribution is 2.25. The molecule has 26 heavy (non-hydrogen) atoms. The molecular weight excluding hydrogens is 328 g/mol. The highest BCUT2D eigenvalue weighted by Gasteiger charge is 2.09. The monoisotopic (exact) mass is 354 g/mol. The van der Waals surface area contributed by atoms with E-state index in [0.717, 1.165) is 24.3 Å². The standard InChI is InChI=1S/C21H26N2O3/c1-3-5-15-26-19-12-8-6-10-17(19)22-16-21(24)23-18-11-7-9-13-20(18)25-14-4-2/h4,6-13,22H,2-3,5,14-16H2,1H3,(H,23,24). The highest BCUT2D eigenvalue weighted by molar-refractivity contribution is 5.95. The number of benzene rings is 2. The molecule has 0 heterocycles. The van der Waals surface area contributed by atoms with E-state index >= 15 is 0 Å². The summed E-state index contributed by atoms with van der Waals surface area (Å²) in [6.45, 7) is 6.92. The van der Waals surface area contributed by atoms with Gasteiger partial charge < -0.3 is 20.1 Å². The Morgan fingerprint density at radius 1 is 1.04 bits per heavy atom. The van der Waals surface area contributed by atoms with Gasteiger partial charge in [-0.15, -0.1) is 0 Å². The van der Waals surface area contributed by atoms with Crippen molar-refractivity contribution in [3.63, 3.8) is 0 Å². The van der Waals surface area contributed by atoms with Gasteiger partial charge in [0.15, 0.2) is 0 Å². The van der Waals surface area contributed by atoms with Crippen molar-refractivity contribution in [3.8, 4) is 11.5 Å². The summed E-state index contributed by atoms with van der Waals surface area (Å²) in [6.07, 6.45) is 3.73. The number of carbonyl (C=O) groups is 1. The molecule has 0 unspecified atom stereocenters.